The number of nitro groups is 1. The first-order valence-corrected chi connectivity index (χ1v) is 7.60. The summed E-state index contributed by atoms with van der Waals surface area (Å²) in [5.74, 6) is 0.365. The van der Waals surface area contributed by atoms with Crippen molar-refractivity contribution in [1.82, 2.24) is 15.3 Å². The summed E-state index contributed by atoms with van der Waals surface area (Å²) in [5.41, 5.74) is 6.72. The Balaban J connectivity index is 1.87. The van der Waals surface area contributed by atoms with Crippen molar-refractivity contribution < 1.29 is 9.72 Å². The first-order chi connectivity index (χ1) is 11.5. The van der Waals surface area contributed by atoms with Crippen LogP contribution >= 0.6 is 0 Å². The van der Waals surface area contributed by atoms with Crippen LogP contribution in [0.15, 0.2) is 30.5 Å². The molecule has 0 saturated heterocycles. The van der Waals surface area contributed by atoms with Crippen molar-refractivity contribution in [3.05, 3.63) is 57.7 Å². The summed E-state index contributed by atoms with van der Waals surface area (Å²) in [7, 11) is 0. The van der Waals surface area contributed by atoms with Gasteiger partial charge in [-0.25, -0.2) is 9.97 Å². The SMILES string of the molecule is Cc1ccnc(C(NC(=O)c2cc([N+](=O)[O-])ccc2N)C2CC2)n1. The Labute approximate surface area is 138 Å². The van der Waals surface area contributed by atoms with Gasteiger partial charge >= 0.3 is 0 Å². The van der Waals surface area contributed by atoms with Crippen molar-refractivity contribution in [1.29, 1.82) is 0 Å². The second kappa shape index (κ2) is 6.23. The zero-order chi connectivity index (χ0) is 17.3. The minimum Gasteiger partial charge on any atom is -0.398 e. The van der Waals surface area contributed by atoms with Gasteiger partial charge in [-0.1, -0.05) is 0 Å². The van der Waals surface area contributed by atoms with E-state index in [4.69, 9.17) is 5.73 Å². The van der Waals surface area contributed by atoms with E-state index in [1.807, 2.05) is 6.92 Å². The second-order valence-corrected chi connectivity index (χ2v) is 5.87. The zero-order valence-electron chi connectivity index (χ0n) is 13.1. The average Bonchev–Trinajstić information content (AvgIpc) is 3.37. The van der Waals surface area contributed by atoms with Crippen LogP contribution in [0.4, 0.5) is 11.4 Å². The number of nitrogens with one attached hydrogen (secondary N) is 1. The van der Waals surface area contributed by atoms with E-state index in [1.165, 1.54) is 18.2 Å². The van der Waals surface area contributed by atoms with E-state index < -0.39 is 10.8 Å². The van der Waals surface area contributed by atoms with Gasteiger partial charge in [-0.3, -0.25) is 14.9 Å². The van der Waals surface area contributed by atoms with Crippen molar-refractivity contribution >= 4 is 17.3 Å². The molecule has 8 nitrogen and oxygen atoms in total. The minimum absolute atomic E-state index is 0.0857. The first-order valence-electron chi connectivity index (χ1n) is 7.60. The maximum atomic E-state index is 12.6. The Morgan fingerprint density at radius 1 is 1.42 bits per heavy atom. The van der Waals surface area contributed by atoms with E-state index >= 15 is 0 Å². The molecule has 2 aromatic rings. The van der Waals surface area contributed by atoms with Gasteiger partial charge < -0.3 is 11.1 Å². The molecule has 1 unspecified atom stereocenters. The number of hydrogen-bond acceptors (Lipinski definition) is 6. The molecular weight excluding hydrogens is 310 g/mol. The number of amides is 1. The van der Waals surface area contributed by atoms with Crippen molar-refractivity contribution in [2.24, 2.45) is 5.92 Å². The van der Waals surface area contributed by atoms with E-state index in [1.54, 1.807) is 12.3 Å². The third-order valence-corrected chi connectivity index (χ3v) is 3.96. The smallest absolute Gasteiger partial charge is 0.270 e. The average molecular weight is 327 g/mol. The number of aryl methyl sites for hydroxylation is 1. The summed E-state index contributed by atoms with van der Waals surface area (Å²) in [6.45, 7) is 1.86. The van der Waals surface area contributed by atoms with Crippen molar-refractivity contribution in [3.8, 4) is 0 Å². The summed E-state index contributed by atoms with van der Waals surface area (Å²) in [6.07, 6.45) is 3.61. The van der Waals surface area contributed by atoms with Gasteiger partial charge in [0.05, 0.1) is 16.5 Å². The van der Waals surface area contributed by atoms with Gasteiger partial charge in [0.2, 0.25) is 0 Å². The Kier molecular flexibility index (Phi) is 4.11. The zero-order valence-corrected chi connectivity index (χ0v) is 13.1. The molecule has 24 heavy (non-hydrogen) atoms. The third kappa shape index (κ3) is 3.32. The topological polar surface area (TPSA) is 124 Å². The number of nitro benzene ring substituents is 1. The Morgan fingerprint density at radius 3 is 2.79 bits per heavy atom. The summed E-state index contributed by atoms with van der Waals surface area (Å²) < 4.78 is 0. The van der Waals surface area contributed by atoms with Crippen LogP contribution in [0.2, 0.25) is 0 Å². The van der Waals surface area contributed by atoms with Crippen molar-refractivity contribution in [3.63, 3.8) is 0 Å². The van der Waals surface area contributed by atoms with Crippen LogP contribution in [0.5, 0.6) is 0 Å². The number of hydrogen-bond donors (Lipinski definition) is 2. The lowest BCUT2D eigenvalue weighted by molar-refractivity contribution is -0.384. The van der Waals surface area contributed by atoms with Crippen LogP contribution < -0.4 is 11.1 Å². The Morgan fingerprint density at radius 2 is 2.17 bits per heavy atom. The number of rotatable bonds is 5. The minimum atomic E-state index is -0.557. The number of nitrogen functional groups attached to an aromatic ring is 1. The van der Waals surface area contributed by atoms with Gasteiger partial charge in [-0.05, 0) is 37.8 Å². The molecule has 3 N–H and O–H groups in total. The molecule has 1 fully saturated rings. The Bertz CT molecular complexity index is 804. The van der Waals surface area contributed by atoms with Crippen LogP contribution in [0.1, 0.15) is 40.8 Å². The fourth-order valence-corrected chi connectivity index (χ4v) is 2.51. The fraction of sp³-hybridized carbons (Fsp3) is 0.312. The van der Waals surface area contributed by atoms with E-state index in [0.717, 1.165) is 18.5 Å². The largest absolute Gasteiger partial charge is 0.398 e. The summed E-state index contributed by atoms with van der Waals surface area (Å²) in [5, 5.41) is 13.8. The number of aromatic nitrogens is 2. The van der Waals surface area contributed by atoms with Gasteiger partial charge in [0.25, 0.3) is 11.6 Å². The first kappa shape index (κ1) is 15.9. The Hall–Kier alpha value is -3.03. The van der Waals surface area contributed by atoms with Crippen molar-refractivity contribution in [2.45, 2.75) is 25.8 Å². The number of nitrogens with two attached hydrogens (primary N) is 1. The quantitative estimate of drug-likeness (QED) is 0.492. The lowest BCUT2D eigenvalue weighted by Gasteiger charge is -2.17. The van der Waals surface area contributed by atoms with E-state index in [2.05, 4.69) is 15.3 Å². The van der Waals surface area contributed by atoms with Crippen LogP contribution in [0, 0.1) is 23.0 Å². The maximum absolute atomic E-state index is 12.6. The van der Waals surface area contributed by atoms with Gasteiger partial charge in [-0.2, -0.15) is 0 Å². The molecule has 1 aliphatic carbocycles. The molecule has 3 rings (SSSR count). The van der Waals surface area contributed by atoms with Crippen LogP contribution in [0.3, 0.4) is 0 Å². The molecule has 0 aliphatic heterocycles. The number of carbonyl (C=O) groups excluding carboxylic acids is 1. The molecule has 8 heteroatoms. The maximum Gasteiger partial charge on any atom is 0.270 e. The molecule has 1 aliphatic rings. The normalized spacial score (nSPS) is 14.9. The lowest BCUT2D eigenvalue weighted by Crippen LogP contribution is -2.31. The number of non-ortho nitro benzene ring substituents is 1. The second-order valence-electron chi connectivity index (χ2n) is 5.87. The molecule has 1 aromatic carbocycles. The standard InChI is InChI=1S/C16H17N5O3/c1-9-6-7-18-15(19-9)14(10-2-3-10)20-16(22)12-8-11(21(23)24)4-5-13(12)17/h4-8,10,14H,2-3,17H2,1H3,(H,20,22). The fourth-order valence-electron chi connectivity index (χ4n) is 2.51. The highest BCUT2D eigenvalue weighted by molar-refractivity contribution is 6.00. The van der Waals surface area contributed by atoms with Crippen LogP contribution in [0.25, 0.3) is 0 Å². The predicted molar refractivity (Wildman–Crippen MR) is 87.2 cm³/mol. The highest BCUT2D eigenvalue weighted by Crippen LogP contribution is 2.40. The lowest BCUT2D eigenvalue weighted by atomic mass is 10.1. The molecule has 0 bridgehead atoms. The molecule has 0 radical (unpaired) electrons. The monoisotopic (exact) mass is 327 g/mol. The van der Waals surface area contributed by atoms with Gasteiger partial charge in [0.15, 0.2) is 5.82 Å². The molecule has 1 heterocycles. The third-order valence-electron chi connectivity index (χ3n) is 3.96. The molecule has 1 amide bonds. The molecule has 1 aromatic heterocycles. The molecule has 1 saturated carbocycles. The summed E-state index contributed by atoms with van der Waals surface area (Å²) in [6, 6.07) is 5.28. The van der Waals surface area contributed by atoms with Gasteiger partial charge in [-0.15, -0.1) is 0 Å². The van der Waals surface area contributed by atoms with E-state index in [0.29, 0.717) is 5.82 Å². The number of carbonyl (C=O) groups is 1. The number of nitrogens with zero attached hydrogens (tertiary/aromatic N) is 3. The highest BCUT2D eigenvalue weighted by atomic mass is 16.6. The number of benzene rings is 1. The highest BCUT2D eigenvalue weighted by Gasteiger charge is 2.35. The summed E-state index contributed by atoms with van der Waals surface area (Å²) in [4.78, 5) is 31.5. The molecular formula is C16H17N5O3. The van der Waals surface area contributed by atoms with Crippen LogP contribution in [-0.4, -0.2) is 20.8 Å². The van der Waals surface area contributed by atoms with Crippen LogP contribution in [-0.2, 0) is 0 Å². The van der Waals surface area contributed by atoms with E-state index in [-0.39, 0.29) is 28.9 Å². The van der Waals surface area contributed by atoms with Gasteiger partial charge in [0, 0.05) is 29.7 Å². The van der Waals surface area contributed by atoms with Gasteiger partial charge in [0.1, 0.15) is 0 Å². The molecule has 1 atom stereocenters. The molecule has 124 valence electrons. The van der Waals surface area contributed by atoms with E-state index in [9.17, 15) is 14.9 Å². The summed E-state index contributed by atoms with van der Waals surface area (Å²) >= 11 is 0. The van der Waals surface area contributed by atoms with Crippen molar-refractivity contribution in [2.75, 3.05) is 5.73 Å². The predicted octanol–water partition coefficient (Wildman–Crippen LogP) is 2.16. The molecule has 0 spiro atoms. The number of anilines is 1.